The highest BCUT2D eigenvalue weighted by atomic mass is 19.4. The maximum atomic E-state index is 12.3. The highest BCUT2D eigenvalue weighted by molar-refractivity contribution is 5.80. The Labute approximate surface area is 106 Å². The summed E-state index contributed by atoms with van der Waals surface area (Å²) in [6.07, 6.45) is -2.95. The Hall–Kier alpha value is -0.780. The second kappa shape index (κ2) is 6.97. The van der Waals surface area contributed by atoms with E-state index in [1.54, 1.807) is 6.92 Å². The van der Waals surface area contributed by atoms with E-state index in [2.05, 4.69) is 10.1 Å². The van der Waals surface area contributed by atoms with Gasteiger partial charge in [-0.05, 0) is 18.8 Å². The second-order valence-electron chi connectivity index (χ2n) is 4.61. The molecule has 0 aromatic carbocycles. The summed E-state index contributed by atoms with van der Waals surface area (Å²) < 4.78 is 41.5. The van der Waals surface area contributed by atoms with Crippen molar-refractivity contribution in [3.05, 3.63) is 0 Å². The van der Waals surface area contributed by atoms with Crippen LogP contribution in [0.1, 0.15) is 40.0 Å². The van der Waals surface area contributed by atoms with Gasteiger partial charge in [0.1, 0.15) is 5.54 Å². The molecule has 0 aliphatic rings. The zero-order valence-corrected chi connectivity index (χ0v) is 11.4. The molecule has 0 saturated carbocycles. The van der Waals surface area contributed by atoms with E-state index < -0.39 is 24.2 Å². The van der Waals surface area contributed by atoms with Crippen LogP contribution in [0, 0.1) is 5.92 Å². The Morgan fingerprint density at radius 2 is 1.89 bits per heavy atom. The van der Waals surface area contributed by atoms with Crippen LogP contribution in [0.15, 0.2) is 0 Å². The van der Waals surface area contributed by atoms with Gasteiger partial charge in [-0.2, -0.15) is 13.2 Å². The molecule has 18 heavy (non-hydrogen) atoms. The van der Waals surface area contributed by atoms with Crippen LogP contribution in [0.4, 0.5) is 13.2 Å². The van der Waals surface area contributed by atoms with Gasteiger partial charge in [0.15, 0.2) is 0 Å². The van der Waals surface area contributed by atoms with Crippen LogP contribution >= 0.6 is 0 Å². The molecule has 108 valence electrons. The van der Waals surface area contributed by atoms with Crippen molar-refractivity contribution in [1.29, 1.82) is 0 Å². The molecule has 2 unspecified atom stereocenters. The molecule has 0 bridgehead atoms. The third-order valence-electron chi connectivity index (χ3n) is 3.20. The van der Waals surface area contributed by atoms with Gasteiger partial charge in [-0.15, -0.1) is 0 Å². The fraction of sp³-hybridized carbons (Fsp3) is 0.917. The van der Waals surface area contributed by atoms with E-state index >= 15 is 0 Å². The van der Waals surface area contributed by atoms with Crippen LogP contribution in [-0.4, -0.2) is 31.3 Å². The minimum atomic E-state index is -4.34. The SMILES string of the molecule is CCC(C)CC(CC)(NCC(F)(F)F)C(=O)OC. The minimum absolute atomic E-state index is 0.143. The predicted octanol–water partition coefficient (Wildman–Crippen LogP) is 2.90. The lowest BCUT2D eigenvalue weighted by Crippen LogP contribution is -2.55. The van der Waals surface area contributed by atoms with Crippen molar-refractivity contribution < 1.29 is 22.7 Å². The third kappa shape index (κ3) is 5.25. The smallest absolute Gasteiger partial charge is 0.401 e. The van der Waals surface area contributed by atoms with Crippen LogP contribution in [-0.2, 0) is 9.53 Å². The number of rotatable bonds is 7. The van der Waals surface area contributed by atoms with Gasteiger partial charge in [-0.3, -0.25) is 10.1 Å². The number of nitrogens with one attached hydrogen (secondary N) is 1. The topological polar surface area (TPSA) is 38.3 Å². The molecule has 1 N–H and O–H groups in total. The third-order valence-corrected chi connectivity index (χ3v) is 3.20. The first-order valence-corrected chi connectivity index (χ1v) is 6.11. The highest BCUT2D eigenvalue weighted by Gasteiger charge is 2.41. The van der Waals surface area contributed by atoms with Crippen LogP contribution in [0.5, 0.6) is 0 Å². The summed E-state index contributed by atoms with van der Waals surface area (Å²) in [5.41, 5.74) is -1.25. The molecule has 6 heteroatoms. The lowest BCUT2D eigenvalue weighted by atomic mass is 9.84. The molecular formula is C12H22F3NO2. The molecule has 0 heterocycles. The molecule has 0 aliphatic carbocycles. The van der Waals surface area contributed by atoms with Crippen molar-refractivity contribution in [2.75, 3.05) is 13.7 Å². The van der Waals surface area contributed by atoms with E-state index in [9.17, 15) is 18.0 Å². The number of ether oxygens (including phenoxy) is 1. The van der Waals surface area contributed by atoms with Crippen LogP contribution in [0.25, 0.3) is 0 Å². The van der Waals surface area contributed by atoms with E-state index in [0.717, 1.165) is 6.42 Å². The largest absolute Gasteiger partial charge is 0.468 e. The lowest BCUT2D eigenvalue weighted by molar-refractivity contribution is -0.155. The number of carbonyl (C=O) groups excluding carboxylic acids is 1. The van der Waals surface area contributed by atoms with Crippen molar-refractivity contribution >= 4 is 5.97 Å². The molecule has 0 aromatic heterocycles. The number of carbonyl (C=O) groups is 1. The molecule has 0 rings (SSSR count). The molecule has 2 atom stereocenters. The second-order valence-corrected chi connectivity index (χ2v) is 4.61. The van der Waals surface area contributed by atoms with Gasteiger partial charge in [0.25, 0.3) is 0 Å². The average Bonchev–Trinajstić information content (AvgIpc) is 2.32. The molecule has 0 aliphatic heterocycles. The molecule has 0 saturated heterocycles. The van der Waals surface area contributed by atoms with Gasteiger partial charge in [-0.1, -0.05) is 27.2 Å². The van der Waals surface area contributed by atoms with Crippen molar-refractivity contribution in [1.82, 2.24) is 5.32 Å². The zero-order chi connectivity index (χ0) is 14.4. The van der Waals surface area contributed by atoms with Crippen molar-refractivity contribution in [3.63, 3.8) is 0 Å². The number of halogens is 3. The van der Waals surface area contributed by atoms with Gasteiger partial charge < -0.3 is 4.74 Å². The molecule has 0 aromatic rings. The number of esters is 1. The maximum Gasteiger partial charge on any atom is 0.401 e. The standard InChI is InChI=1S/C12H22F3NO2/c1-5-9(3)7-11(6-2,10(17)18-4)16-8-12(13,14)15/h9,16H,5-8H2,1-4H3. The monoisotopic (exact) mass is 269 g/mol. The summed E-state index contributed by atoms with van der Waals surface area (Å²) in [5, 5.41) is 2.34. The number of hydrogen-bond donors (Lipinski definition) is 1. The maximum absolute atomic E-state index is 12.3. The van der Waals surface area contributed by atoms with Crippen LogP contribution < -0.4 is 5.32 Å². The van der Waals surface area contributed by atoms with Crippen molar-refractivity contribution in [2.24, 2.45) is 5.92 Å². The summed E-state index contributed by atoms with van der Waals surface area (Å²) in [6.45, 7) is 4.34. The van der Waals surface area contributed by atoms with E-state index in [4.69, 9.17) is 0 Å². The molecular weight excluding hydrogens is 247 g/mol. The first kappa shape index (κ1) is 17.2. The number of methoxy groups -OCH3 is 1. The Balaban J connectivity index is 4.93. The molecule has 0 radical (unpaired) electrons. The summed E-state index contributed by atoms with van der Waals surface area (Å²) >= 11 is 0. The summed E-state index contributed by atoms with van der Waals surface area (Å²) in [7, 11) is 1.19. The quantitative estimate of drug-likeness (QED) is 0.722. The number of hydrogen-bond acceptors (Lipinski definition) is 3. The van der Waals surface area contributed by atoms with Gasteiger partial charge in [0.05, 0.1) is 13.7 Å². The highest BCUT2D eigenvalue weighted by Crippen LogP contribution is 2.26. The van der Waals surface area contributed by atoms with Gasteiger partial charge in [0, 0.05) is 0 Å². The van der Waals surface area contributed by atoms with E-state index in [-0.39, 0.29) is 12.3 Å². The Bertz CT molecular complexity index is 269. The minimum Gasteiger partial charge on any atom is -0.468 e. The molecule has 0 amide bonds. The summed E-state index contributed by atoms with van der Waals surface area (Å²) in [6, 6.07) is 0. The predicted molar refractivity (Wildman–Crippen MR) is 63.2 cm³/mol. The van der Waals surface area contributed by atoms with E-state index in [1.165, 1.54) is 7.11 Å². The fourth-order valence-corrected chi connectivity index (χ4v) is 1.85. The van der Waals surface area contributed by atoms with Crippen molar-refractivity contribution in [2.45, 2.75) is 51.7 Å². The molecule has 0 fully saturated rings. The van der Waals surface area contributed by atoms with E-state index in [0.29, 0.717) is 6.42 Å². The number of alkyl halides is 3. The van der Waals surface area contributed by atoms with Crippen molar-refractivity contribution in [3.8, 4) is 0 Å². The molecule has 3 nitrogen and oxygen atoms in total. The average molecular weight is 269 g/mol. The van der Waals surface area contributed by atoms with Gasteiger partial charge in [0.2, 0.25) is 0 Å². The van der Waals surface area contributed by atoms with Gasteiger partial charge in [-0.25, -0.2) is 0 Å². The Morgan fingerprint density at radius 3 is 2.22 bits per heavy atom. The fourth-order valence-electron chi connectivity index (χ4n) is 1.85. The van der Waals surface area contributed by atoms with E-state index in [1.807, 2.05) is 13.8 Å². The zero-order valence-electron chi connectivity index (χ0n) is 11.4. The summed E-state index contributed by atoms with van der Waals surface area (Å²) in [4.78, 5) is 11.8. The first-order chi connectivity index (χ1) is 8.20. The normalized spacial score (nSPS) is 17.1. The van der Waals surface area contributed by atoms with Crippen LogP contribution in [0.2, 0.25) is 0 Å². The van der Waals surface area contributed by atoms with Crippen LogP contribution in [0.3, 0.4) is 0 Å². The van der Waals surface area contributed by atoms with Gasteiger partial charge >= 0.3 is 12.1 Å². The summed E-state index contributed by atoms with van der Waals surface area (Å²) in [5.74, 6) is -0.487. The Kier molecular flexibility index (Phi) is 6.67. The Morgan fingerprint density at radius 1 is 1.33 bits per heavy atom. The first-order valence-electron chi connectivity index (χ1n) is 6.11. The lowest BCUT2D eigenvalue weighted by Gasteiger charge is -2.33. The molecule has 0 spiro atoms.